The number of aromatic nitrogens is 1. The first kappa shape index (κ1) is 16.7. The number of nitrogens with zero attached hydrogens (tertiary/aromatic N) is 1. The molecule has 0 saturated heterocycles. The molecular weight excluding hydrogens is 340 g/mol. The highest BCUT2D eigenvalue weighted by molar-refractivity contribution is 7.10. The van der Waals surface area contributed by atoms with Gasteiger partial charge in [0.15, 0.2) is 0 Å². The van der Waals surface area contributed by atoms with Gasteiger partial charge in [0, 0.05) is 23.0 Å². The van der Waals surface area contributed by atoms with E-state index in [0.29, 0.717) is 17.4 Å². The van der Waals surface area contributed by atoms with E-state index in [4.69, 9.17) is 0 Å². The predicted molar refractivity (Wildman–Crippen MR) is 106 cm³/mol. The normalized spacial score (nSPS) is 45.8. The summed E-state index contributed by atoms with van der Waals surface area (Å²) in [7, 11) is 0. The number of amides is 1. The van der Waals surface area contributed by atoms with Crippen LogP contribution in [0.3, 0.4) is 0 Å². The molecule has 3 saturated carbocycles. The van der Waals surface area contributed by atoms with E-state index in [1.54, 1.807) is 23.0 Å². The van der Waals surface area contributed by atoms with Crippen LogP contribution in [0.4, 0.5) is 0 Å². The molecule has 2 heterocycles. The zero-order chi connectivity index (χ0) is 17.9. The van der Waals surface area contributed by atoms with Crippen molar-refractivity contribution < 1.29 is 4.79 Å². The minimum absolute atomic E-state index is 0.0982. The molecule has 26 heavy (non-hydrogen) atoms. The van der Waals surface area contributed by atoms with Crippen LogP contribution in [0.1, 0.15) is 57.4 Å². The average molecular weight is 369 g/mol. The summed E-state index contributed by atoms with van der Waals surface area (Å²) in [6.07, 6.45) is 15.8. The van der Waals surface area contributed by atoms with Crippen LogP contribution in [0, 0.1) is 28.6 Å². The van der Waals surface area contributed by atoms with Gasteiger partial charge in [-0.1, -0.05) is 25.5 Å². The Kier molecular flexibility index (Phi) is 3.72. The SMILES string of the molecule is C[C@]12C=CC(=O)N[C@@H]1CC[C@@H]1[C@@H]2CC[C@]2(C)/C(=C/c3nccs3)CC[C@@H]12. The molecule has 1 aliphatic heterocycles. The third-order valence-electron chi connectivity index (χ3n) is 8.28. The molecule has 3 fully saturated rings. The minimum Gasteiger partial charge on any atom is -0.349 e. The van der Waals surface area contributed by atoms with Gasteiger partial charge in [-0.05, 0) is 73.8 Å². The van der Waals surface area contributed by atoms with Crippen LogP contribution in [0.25, 0.3) is 6.08 Å². The number of carbonyl (C=O) groups excluding carboxylic acids is 1. The molecule has 138 valence electrons. The fraction of sp³-hybridized carbons (Fsp3) is 0.636. The maximum atomic E-state index is 11.8. The van der Waals surface area contributed by atoms with Crippen molar-refractivity contribution in [3.8, 4) is 0 Å². The maximum Gasteiger partial charge on any atom is 0.243 e. The van der Waals surface area contributed by atoms with E-state index < -0.39 is 0 Å². The van der Waals surface area contributed by atoms with E-state index in [0.717, 1.165) is 23.3 Å². The molecule has 4 aliphatic rings. The van der Waals surface area contributed by atoms with Crippen LogP contribution in [0.15, 0.2) is 29.3 Å². The lowest BCUT2D eigenvalue weighted by molar-refractivity contribution is -0.121. The van der Waals surface area contributed by atoms with Crippen molar-refractivity contribution >= 4 is 23.3 Å². The third-order valence-corrected chi connectivity index (χ3v) is 9.01. The molecule has 1 amide bonds. The first-order valence-electron chi connectivity index (χ1n) is 10.1. The van der Waals surface area contributed by atoms with Crippen LogP contribution < -0.4 is 5.32 Å². The maximum absolute atomic E-state index is 11.8. The summed E-state index contributed by atoms with van der Waals surface area (Å²) in [5.74, 6) is 2.38. The number of hydrogen-bond donors (Lipinski definition) is 1. The number of hydrogen-bond acceptors (Lipinski definition) is 3. The first-order valence-corrected chi connectivity index (χ1v) is 11.0. The van der Waals surface area contributed by atoms with Crippen LogP contribution in [0.2, 0.25) is 0 Å². The summed E-state index contributed by atoms with van der Waals surface area (Å²) in [6.45, 7) is 4.92. The second-order valence-corrected chi connectivity index (χ2v) is 10.2. The second kappa shape index (κ2) is 5.79. The summed E-state index contributed by atoms with van der Waals surface area (Å²) in [5.41, 5.74) is 2.12. The molecule has 0 spiro atoms. The summed E-state index contributed by atoms with van der Waals surface area (Å²) < 4.78 is 0. The predicted octanol–water partition coefficient (Wildman–Crippen LogP) is 4.82. The molecule has 1 N–H and O–H groups in total. The van der Waals surface area contributed by atoms with Crippen LogP contribution >= 0.6 is 11.3 Å². The van der Waals surface area contributed by atoms with Gasteiger partial charge in [-0.15, -0.1) is 11.3 Å². The molecule has 3 nitrogen and oxygen atoms in total. The Morgan fingerprint density at radius 1 is 1.23 bits per heavy atom. The molecule has 0 unspecified atom stereocenters. The summed E-state index contributed by atoms with van der Waals surface area (Å²) in [5, 5.41) is 6.49. The number of thiazole rings is 1. The monoisotopic (exact) mass is 368 g/mol. The highest BCUT2D eigenvalue weighted by atomic mass is 32.1. The van der Waals surface area contributed by atoms with Crippen LogP contribution in [-0.4, -0.2) is 16.9 Å². The van der Waals surface area contributed by atoms with Gasteiger partial charge in [-0.25, -0.2) is 4.98 Å². The van der Waals surface area contributed by atoms with Gasteiger partial charge < -0.3 is 5.32 Å². The van der Waals surface area contributed by atoms with E-state index in [-0.39, 0.29) is 11.3 Å². The zero-order valence-corrected chi connectivity index (χ0v) is 16.5. The Morgan fingerprint density at radius 2 is 2.12 bits per heavy atom. The van der Waals surface area contributed by atoms with Crippen LogP contribution in [0.5, 0.6) is 0 Å². The molecule has 1 aromatic heterocycles. The fourth-order valence-corrected chi connectivity index (χ4v) is 7.47. The first-order chi connectivity index (χ1) is 12.5. The zero-order valence-electron chi connectivity index (χ0n) is 15.7. The molecule has 1 aromatic rings. The van der Waals surface area contributed by atoms with Crippen molar-refractivity contribution in [1.29, 1.82) is 0 Å². The molecule has 0 radical (unpaired) electrons. The van der Waals surface area contributed by atoms with Crippen molar-refractivity contribution in [3.63, 3.8) is 0 Å². The lowest BCUT2D eigenvalue weighted by Crippen LogP contribution is -2.59. The van der Waals surface area contributed by atoms with E-state index in [1.807, 2.05) is 6.20 Å². The van der Waals surface area contributed by atoms with Gasteiger partial charge in [-0.2, -0.15) is 0 Å². The molecule has 0 bridgehead atoms. The summed E-state index contributed by atoms with van der Waals surface area (Å²) in [4.78, 5) is 16.3. The Morgan fingerprint density at radius 3 is 2.92 bits per heavy atom. The fourth-order valence-electron chi connectivity index (χ4n) is 6.87. The molecule has 3 aliphatic carbocycles. The lowest BCUT2D eigenvalue weighted by atomic mass is 9.48. The van der Waals surface area contributed by atoms with E-state index in [1.165, 1.54) is 32.1 Å². The van der Waals surface area contributed by atoms with E-state index >= 15 is 0 Å². The average Bonchev–Trinajstić information content (AvgIpc) is 3.24. The molecular formula is C22H28N2OS. The van der Waals surface area contributed by atoms with Crippen molar-refractivity contribution in [3.05, 3.63) is 34.3 Å². The number of carbonyl (C=O) groups is 1. The summed E-state index contributed by atoms with van der Waals surface area (Å²) >= 11 is 1.75. The quantitative estimate of drug-likeness (QED) is 0.772. The van der Waals surface area contributed by atoms with E-state index in [2.05, 4.69) is 41.7 Å². The Labute approximate surface area is 160 Å². The lowest BCUT2D eigenvalue weighted by Gasteiger charge is -2.58. The minimum atomic E-state index is 0.0982. The highest BCUT2D eigenvalue weighted by Gasteiger charge is 2.58. The van der Waals surface area contributed by atoms with Crippen molar-refractivity contribution in [1.82, 2.24) is 10.3 Å². The number of allylic oxidation sites excluding steroid dienone is 1. The van der Waals surface area contributed by atoms with Crippen molar-refractivity contribution in [2.24, 2.45) is 28.6 Å². The molecule has 5 rings (SSSR count). The van der Waals surface area contributed by atoms with Gasteiger partial charge in [0.2, 0.25) is 5.91 Å². The molecule has 4 heteroatoms. The van der Waals surface area contributed by atoms with E-state index in [9.17, 15) is 4.79 Å². The van der Waals surface area contributed by atoms with Gasteiger partial charge >= 0.3 is 0 Å². The smallest absolute Gasteiger partial charge is 0.243 e. The van der Waals surface area contributed by atoms with Crippen molar-refractivity contribution in [2.45, 2.75) is 58.4 Å². The van der Waals surface area contributed by atoms with Crippen molar-refractivity contribution in [2.75, 3.05) is 0 Å². The largest absolute Gasteiger partial charge is 0.349 e. The molecule has 6 atom stereocenters. The molecule has 0 aromatic carbocycles. The Bertz CT molecular complexity index is 782. The van der Waals surface area contributed by atoms with Gasteiger partial charge in [0.25, 0.3) is 0 Å². The highest BCUT2D eigenvalue weighted by Crippen LogP contribution is 2.65. The number of rotatable bonds is 1. The van der Waals surface area contributed by atoms with Gasteiger partial charge in [0.05, 0.1) is 0 Å². The summed E-state index contributed by atoms with van der Waals surface area (Å²) in [6, 6.07) is 0.331. The number of nitrogens with one attached hydrogen (secondary N) is 1. The Hall–Kier alpha value is -1.42. The van der Waals surface area contributed by atoms with Gasteiger partial charge in [0.1, 0.15) is 5.01 Å². The topological polar surface area (TPSA) is 42.0 Å². The van der Waals surface area contributed by atoms with Crippen LogP contribution in [-0.2, 0) is 4.79 Å². The van der Waals surface area contributed by atoms with Gasteiger partial charge in [-0.3, -0.25) is 4.79 Å². The standard InChI is InChI=1S/C22H28N2OS/c1-21-9-7-17-15(4-6-18-22(17,2)10-8-19(25)24-18)16(21)5-3-14(21)13-20-23-11-12-26-20/h8,10-13,15-18H,3-7,9H2,1-2H3,(H,24,25)/b14-13+/t15-,16-,17-,18+,21+,22+/m0/s1. The second-order valence-electron chi connectivity index (χ2n) is 9.25. The third kappa shape index (κ3) is 2.30. The number of fused-ring (bicyclic) bond motifs is 5. The Balaban J connectivity index is 1.47.